The molecular weight excluding hydrogens is 310 g/mol. The summed E-state index contributed by atoms with van der Waals surface area (Å²) in [4.78, 5) is 16.1. The van der Waals surface area contributed by atoms with Crippen molar-refractivity contribution in [2.75, 3.05) is 12.8 Å². The molecule has 0 saturated carbocycles. The number of nitrogens with two attached hydrogens (primary N) is 1. The van der Waals surface area contributed by atoms with Gasteiger partial charge in [0.05, 0.1) is 18.4 Å². The second-order valence-corrected chi connectivity index (χ2v) is 4.96. The predicted molar refractivity (Wildman–Crippen MR) is 84.3 cm³/mol. The molecule has 0 fully saturated rings. The maximum Gasteiger partial charge on any atom is 0.357 e. The van der Waals surface area contributed by atoms with Crippen molar-refractivity contribution in [1.29, 1.82) is 5.26 Å². The van der Waals surface area contributed by atoms with Crippen LogP contribution in [0.5, 0.6) is 0 Å². The summed E-state index contributed by atoms with van der Waals surface area (Å²) in [5, 5.41) is 13.0. The van der Waals surface area contributed by atoms with Gasteiger partial charge in [-0.25, -0.2) is 4.79 Å². The number of aromatic nitrogens is 3. The molecule has 0 bridgehead atoms. The molecule has 3 rings (SSSR count). The van der Waals surface area contributed by atoms with Crippen LogP contribution in [0.4, 0.5) is 5.69 Å². The summed E-state index contributed by atoms with van der Waals surface area (Å²) in [5.41, 5.74) is 7.68. The van der Waals surface area contributed by atoms with Crippen LogP contribution in [0.2, 0.25) is 0 Å². The van der Waals surface area contributed by atoms with Gasteiger partial charge in [-0.3, -0.25) is 0 Å². The first-order valence-electron chi connectivity index (χ1n) is 6.95. The Kier molecular flexibility index (Phi) is 3.75. The zero-order chi connectivity index (χ0) is 17.3. The van der Waals surface area contributed by atoms with Crippen LogP contribution in [0.25, 0.3) is 17.1 Å². The van der Waals surface area contributed by atoms with Gasteiger partial charge in [0, 0.05) is 24.4 Å². The molecule has 0 atom stereocenters. The number of ether oxygens (including phenoxy) is 1. The average Bonchev–Trinajstić information content (AvgIpc) is 3.17. The number of nitrogen functional groups attached to an aromatic ring is 1. The fraction of sp³-hybridized carbons (Fsp3) is 0.125. The van der Waals surface area contributed by atoms with Gasteiger partial charge >= 0.3 is 5.97 Å². The zero-order valence-corrected chi connectivity index (χ0v) is 13.0. The van der Waals surface area contributed by atoms with Crippen LogP contribution in [0.1, 0.15) is 21.9 Å². The highest BCUT2D eigenvalue weighted by molar-refractivity contribution is 5.96. The molecule has 0 saturated heterocycles. The van der Waals surface area contributed by atoms with E-state index in [1.54, 1.807) is 31.2 Å². The third kappa shape index (κ3) is 2.48. The van der Waals surface area contributed by atoms with E-state index in [9.17, 15) is 4.79 Å². The first-order chi connectivity index (χ1) is 11.5. The minimum Gasteiger partial charge on any atom is -0.464 e. The Morgan fingerprint density at radius 2 is 2.08 bits per heavy atom. The summed E-state index contributed by atoms with van der Waals surface area (Å²) >= 11 is 0. The topological polar surface area (TPSA) is 120 Å². The molecule has 8 heteroatoms. The number of esters is 1. The van der Waals surface area contributed by atoms with E-state index in [0.29, 0.717) is 17.4 Å². The molecule has 2 heterocycles. The highest BCUT2D eigenvalue weighted by atomic mass is 16.5. The second-order valence-electron chi connectivity index (χ2n) is 4.96. The number of methoxy groups -OCH3 is 1. The Balaban J connectivity index is 2.06. The molecular formula is C16H13N5O3. The molecule has 0 aliphatic heterocycles. The Morgan fingerprint density at radius 3 is 2.62 bits per heavy atom. The van der Waals surface area contributed by atoms with Gasteiger partial charge < -0.3 is 19.6 Å². The number of nitriles is 1. The minimum absolute atomic E-state index is 0.0854. The van der Waals surface area contributed by atoms with Crippen molar-refractivity contribution in [2.45, 2.75) is 6.92 Å². The van der Waals surface area contributed by atoms with E-state index in [4.69, 9.17) is 20.3 Å². The molecule has 0 aliphatic carbocycles. The number of carbonyl (C=O) groups excluding carboxylic acids is 1. The minimum atomic E-state index is -0.619. The van der Waals surface area contributed by atoms with Gasteiger partial charge in [0.1, 0.15) is 6.07 Å². The molecule has 2 N–H and O–H groups in total. The molecule has 1 aromatic carbocycles. The first-order valence-corrected chi connectivity index (χ1v) is 6.95. The van der Waals surface area contributed by atoms with E-state index < -0.39 is 5.97 Å². The van der Waals surface area contributed by atoms with E-state index >= 15 is 0 Å². The normalized spacial score (nSPS) is 10.4. The van der Waals surface area contributed by atoms with E-state index in [0.717, 1.165) is 5.56 Å². The van der Waals surface area contributed by atoms with E-state index in [1.165, 1.54) is 17.9 Å². The third-order valence-electron chi connectivity index (χ3n) is 3.47. The molecule has 2 aromatic heterocycles. The molecule has 0 radical (unpaired) electrons. The molecule has 24 heavy (non-hydrogen) atoms. The lowest BCUT2D eigenvalue weighted by Crippen LogP contribution is -2.11. The van der Waals surface area contributed by atoms with Crippen LogP contribution in [0.15, 0.2) is 35.0 Å². The van der Waals surface area contributed by atoms with Crippen LogP contribution >= 0.6 is 0 Å². The lowest BCUT2D eigenvalue weighted by atomic mass is 10.2. The van der Waals surface area contributed by atoms with E-state index in [1.807, 2.05) is 6.07 Å². The predicted octanol–water partition coefficient (Wildman–Crippen LogP) is 2.08. The number of nitrogens with zero attached hydrogens (tertiary/aromatic N) is 4. The van der Waals surface area contributed by atoms with Crippen LogP contribution in [0.3, 0.4) is 0 Å². The number of rotatable bonds is 3. The molecule has 0 aliphatic rings. The monoisotopic (exact) mass is 323 g/mol. The second kappa shape index (κ2) is 5.89. The standard InChI is InChI=1S/C16H13N5O3/c1-9-19-15(20-24-9)10-3-5-12(6-4-10)21-8-11(7-17)13(18)14(21)16(22)23-2/h3-6,8H,18H2,1-2H3. The smallest absolute Gasteiger partial charge is 0.357 e. The van der Waals surface area contributed by atoms with Gasteiger partial charge in [0.25, 0.3) is 0 Å². The largest absolute Gasteiger partial charge is 0.464 e. The van der Waals surface area contributed by atoms with Gasteiger partial charge in [-0.05, 0) is 24.3 Å². The summed E-state index contributed by atoms with van der Waals surface area (Å²) in [6.07, 6.45) is 1.50. The number of hydrogen-bond donors (Lipinski definition) is 1. The van der Waals surface area contributed by atoms with E-state index in [2.05, 4.69) is 10.1 Å². The number of aryl methyl sites for hydroxylation is 1. The number of carbonyl (C=O) groups is 1. The highest BCUT2D eigenvalue weighted by Gasteiger charge is 2.21. The molecule has 8 nitrogen and oxygen atoms in total. The van der Waals surface area contributed by atoms with Crippen molar-refractivity contribution >= 4 is 11.7 Å². The molecule has 3 aromatic rings. The Morgan fingerprint density at radius 1 is 1.38 bits per heavy atom. The van der Waals surface area contributed by atoms with Gasteiger partial charge in [-0.1, -0.05) is 5.16 Å². The van der Waals surface area contributed by atoms with Crippen molar-refractivity contribution in [3.05, 3.63) is 47.6 Å². The van der Waals surface area contributed by atoms with Gasteiger partial charge in [-0.15, -0.1) is 0 Å². The summed E-state index contributed by atoms with van der Waals surface area (Å²) in [5.74, 6) is 0.322. The Labute approximate surface area is 137 Å². The molecule has 0 spiro atoms. The average molecular weight is 323 g/mol. The lowest BCUT2D eigenvalue weighted by molar-refractivity contribution is 0.0593. The maximum atomic E-state index is 12.0. The van der Waals surface area contributed by atoms with E-state index in [-0.39, 0.29) is 16.9 Å². The quantitative estimate of drug-likeness (QED) is 0.732. The van der Waals surface area contributed by atoms with Crippen LogP contribution in [-0.4, -0.2) is 27.8 Å². The fourth-order valence-electron chi connectivity index (χ4n) is 2.31. The molecule has 120 valence electrons. The van der Waals surface area contributed by atoms with Crippen LogP contribution < -0.4 is 5.73 Å². The van der Waals surface area contributed by atoms with Crippen molar-refractivity contribution in [1.82, 2.24) is 14.7 Å². The van der Waals surface area contributed by atoms with Gasteiger partial charge in [-0.2, -0.15) is 10.2 Å². The van der Waals surface area contributed by atoms with Crippen molar-refractivity contribution in [3.8, 4) is 23.1 Å². The molecule has 0 unspecified atom stereocenters. The van der Waals surface area contributed by atoms with Crippen molar-refractivity contribution in [3.63, 3.8) is 0 Å². The third-order valence-corrected chi connectivity index (χ3v) is 3.47. The number of benzene rings is 1. The van der Waals surface area contributed by atoms with Gasteiger partial charge in [0.2, 0.25) is 11.7 Å². The summed E-state index contributed by atoms with van der Waals surface area (Å²) < 4.78 is 11.2. The SMILES string of the molecule is COC(=O)c1c(N)c(C#N)cn1-c1ccc(-c2noc(C)n2)cc1. The van der Waals surface area contributed by atoms with Gasteiger partial charge in [0.15, 0.2) is 5.69 Å². The Bertz CT molecular complexity index is 947. The summed E-state index contributed by atoms with van der Waals surface area (Å²) in [6, 6.07) is 9.04. The van der Waals surface area contributed by atoms with Crippen LogP contribution in [-0.2, 0) is 4.74 Å². The first kappa shape index (κ1) is 15.3. The van der Waals surface area contributed by atoms with Crippen molar-refractivity contribution in [2.24, 2.45) is 0 Å². The van der Waals surface area contributed by atoms with Crippen LogP contribution in [0, 0.1) is 18.3 Å². The Hall–Kier alpha value is -3.60. The number of anilines is 1. The van der Waals surface area contributed by atoms with Crippen molar-refractivity contribution < 1.29 is 14.1 Å². The maximum absolute atomic E-state index is 12.0. The lowest BCUT2D eigenvalue weighted by Gasteiger charge is -2.08. The number of hydrogen-bond acceptors (Lipinski definition) is 7. The zero-order valence-electron chi connectivity index (χ0n) is 13.0. The summed E-state index contributed by atoms with van der Waals surface area (Å²) in [7, 11) is 1.26. The highest BCUT2D eigenvalue weighted by Crippen LogP contribution is 2.26. The summed E-state index contributed by atoms with van der Waals surface area (Å²) in [6.45, 7) is 1.71. The fourth-order valence-corrected chi connectivity index (χ4v) is 2.31. The molecule has 0 amide bonds.